The Morgan fingerprint density at radius 2 is 1.82 bits per heavy atom. The van der Waals surface area contributed by atoms with Gasteiger partial charge in [-0.1, -0.05) is 18.2 Å². The average Bonchev–Trinajstić information content (AvgIpc) is 2.65. The third-order valence-electron chi connectivity index (χ3n) is 4.83. The number of aryl methyl sites for hydroxylation is 1. The summed E-state index contributed by atoms with van der Waals surface area (Å²) < 4.78 is 23.4. The number of aromatic nitrogens is 1. The summed E-state index contributed by atoms with van der Waals surface area (Å²) in [6.07, 6.45) is 2.20. The minimum Gasteiger partial charge on any atom is -0.315 e. The number of amides is 1. The standard InChI is InChI=1S/C19H22N2O6S/c1-13(22)14-5-4-6-15(11-14)16-7-9-21(17(23)12-16)10-8-19(2,18(24)20-25)28(3,26)27/h4-7,9,11-12,25H,8,10H2,1-3H3,(H,20,24). The molecule has 1 unspecified atom stereocenters. The molecule has 1 atom stereocenters. The van der Waals surface area contributed by atoms with Crippen LogP contribution in [0, 0.1) is 0 Å². The normalized spacial score (nSPS) is 13.6. The molecule has 1 heterocycles. The fraction of sp³-hybridized carbons (Fsp3) is 0.316. The molecule has 0 saturated carbocycles. The molecule has 0 fully saturated rings. The second kappa shape index (κ2) is 8.07. The first kappa shape index (κ1) is 21.5. The highest BCUT2D eigenvalue weighted by molar-refractivity contribution is 7.92. The number of carbonyl (C=O) groups excluding carboxylic acids is 2. The second-order valence-corrected chi connectivity index (χ2v) is 9.22. The Balaban J connectivity index is 2.30. The van der Waals surface area contributed by atoms with Gasteiger partial charge in [-0.2, -0.15) is 0 Å². The van der Waals surface area contributed by atoms with Crippen molar-refractivity contribution in [2.24, 2.45) is 0 Å². The van der Waals surface area contributed by atoms with Crippen molar-refractivity contribution in [3.05, 3.63) is 58.5 Å². The van der Waals surface area contributed by atoms with Gasteiger partial charge in [-0.05, 0) is 43.5 Å². The van der Waals surface area contributed by atoms with E-state index in [1.807, 2.05) is 0 Å². The van der Waals surface area contributed by atoms with E-state index in [2.05, 4.69) is 0 Å². The first-order valence-electron chi connectivity index (χ1n) is 8.45. The molecule has 0 aliphatic carbocycles. The molecular formula is C19H22N2O6S. The molecule has 2 rings (SSSR count). The predicted molar refractivity (Wildman–Crippen MR) is 104 cm³/mol. The van der Waals surface area contributed by atoms with Crippen molar-refractivity contribution in [2.45, 2.75) is 31.6 Å². The second-order valence-electron chi connectivity index (χ2n) is 6.78. The van der Waals surface area contributed by atoms with Crippen molar-refractivity contribution < 1.29 is 23.2 Å². The highest BCUT2D eigenvalue weighted by Gasteiger charge is 2.43. The van der Waals surface area contributed by atoms with Crippen LogP contribution >= 0.6 is 0 Å². The minimum atomic E-state index is -3.84. The lowest BCUT2D eigenvalue weighted by molar-refractivity contribution is -0.131. The van der Waals surface area contributed by atoms with Crippen LogP contribution in [-0.2, 0) is 21.2 Å². The van der Waals surface area contributed by atoms with Gasteiger partial charge in [0.1, 0.15) is 0 Å². The van der Waals surface area contributed by atoms with Gasteiger partial charge in [0.05, 0.1) is 0 Å². The third-order valence-corrected chi connectivity index (χ3v) is 6.85. The molecule has 8 nitrogen and oxygen atoms in total. The van der Waals surface area contributed by atoms with Crippen LogP contribution in [0.25, 0.3) is 11.1 Å². The Kier molecular flexibility index (Phi) is 6.20. The fourth-order valence-corrected chi connectivity index (χ4v) is 3.55. The number of rotatable bonds is 7. The largest absolute Gasteiger partial charge is 0.315 e. The molecule has 0 aliphatic heterocycles. The number of nitrogens with one attached hydrogen (secondary N) is 1. The number of sulfone groups is 1. The monoisotopic (exact) mass is 406 g/mol. The zero-order chi connectivity index (χ0) is 21.1. The van der Waals surface area contributed by atoms with E-state index >= 15 is 0 Å². The molecule has 1 aromatic heterocycles. The molecule has 0 aliphatic rings. The van der Waals surface area contributed by atoms with Gasteiger partial charge >= 0.3 is 0 Å². The smallest absolute Gasteiger partial charge is 0.264 e. The summed E-state index contributed by atoms with van der Waals surface area (Å²) in [4.78, 5) is 35.8. The zero-order valence-corrected chi connectivity index (χ0v) is 16.6. The number of Topliss-reactive ketones (excluding diaryl/α,β-unsaturated/α-hetero) is 1. The van der Waals surface area contributed by atoms with E-state index in [4.69, 9.17) is 5.21 Å². The van der Waals surface area contributed by atoms with Gasteiger partial charge in [-0.15, -0.1) is 0 Å². The minimum absolute atomic E-state index is 0.0381. The summed E-state index contributed by atoms with van der Waals surface area (Å²) in [5.41, 5.74) is 2.84. The van der Waals surface area contributed by atoms with Gasteiger partial charge in [0.15, 0.2) is 20.4 Å². The van der Waals surface area contributed by atoms with Crippen LogP contribution < -0.4 is 11.0 Å². The van der Waals surface area contributed by atoms with Crippen molar-refractivity contribution in [2.75, 3.05) is 6.26 Å². The molecule has 0 spiro atoms. The molecule has 1 amide bonds. The lowest BCUT2D eigenvalue weighted by atomic mass is 10.0. The van der Waals surface area contributed by atoms with Crippen LogP contribution in [0.2, 0.25) is 0 Å². The highest BCUT2D eigenvalue weighted by atomic mass is 32.2. The number of carbonyl (C=O) groups is 2. The number of hydrogen-bond acceptors (Lipinski definition) is 6. The molecule has 28 heavy (non-hydrogen) atoms. The number of nitrogens with zero attached hydrogens (tertiary/aromatic N) is 1. The SMILES string of the molecule is CC(=O)c1cccc(-c2ccn(CCC(C)(C(=O)NO)S(C)(=O)=O)c(=O)c2)c1. The van der Waals surface area contributed by atoms with Crippen LogP contribution in [-0.4, -0.2) is 40.9 Å². The maximum Gasteiger partial charge on any atom is 0.264 e. The summed E-state index contributed by atoms with van der Waals surface area (Å²) in [5.74, 6) is -1.14. The van der Waals surface area contributed by atoms with E-state index in [9.17, 15) is 22.8 Å². The average molecular weight is 406 g/mol. The molecule has 0 saturated heterocycles. The van der Waals surface area contributed by atoms with Crippen molar-refractivity contribution in [3.8, 4) is 11.1 Å². The van der Waals surface area contributed by atoms with Gasteiger partial charge in [0, 0.05) is 30.6 Å². The van der Waals surface area contributed by atoms with Gasteiger partial charge in [0.25, 0.3) is 11.5 Å². The van der Waals surface area contributed by atoms with Crippen molar-refractivity contribution in [1.82, 2.24) is 10.0 Å². The van der Waals surface area contributed by atoms with Crippen molar-refractivity contribution >= 4 is 21.5 Å². The Bertz CT molecular complexity index is 1070. The van der Waals surface area contributed by atoms with E-state index in [-0.39, 0.29) is 24.3 Å². The molecular weight excluding hydrogens is 384 g/mol. The molecule has 1 aromatic carbocycles. The molecule has 2 N–H and O–H groups in total. The summed E-state index contributed by atoms with van der Waals surface area (Å²) in [7, 11) is -3.84. The van der Waals surface area contributed by atoms with E-state index in [0.717, 1.165) is 6.26 Å². The molecule has 0 bridgehead atoms. The maximum absolute atomic E-state index is 12.4. The van der Waals surface area contributed by atoms with Crippen LogP contribution in [0.4, 0.5) is 0 Å². The summed E-state index contributed by atoms with van der Waals surface area (Å²) in [6.45, 7) is 2.61. The van der Waals surface area contributed by atoms with Gasteiger partial charge in [-0.25, -0.2) is 13.9 Å². The Labute approximate surface area is 162 Å². The van der Waals surface area contributed by atoms with Crippen molar-refractivity contribution in [3.63, 3.8) is 0 Å². The number of benzene rings is 1. The third kappa shape index (κ3) is 4.37. The predicted octanol–water partition coefficient (Wildman–Crippen LogP) is 1.42. The summed E-state index contributed by atoms with van der Waals surface area (Å²) in [6, 6.07) is 9.92. The summed E-state index contributed by atoms with van der Waals surface area (Å²) >= 11 is 0. The maximum atomic E-state index is 12.4. The number of hydrogen-bond donors (Lipinski definition) is 2. The molecule has 9 heteroatoms. The van der Waals surface area contributed by atoms with Crippen molar-refractivity contribution in [1.29, 1.82) is 0 Å². The van der Waals surface area contributed by atoms with Gasteiger partial charge < -0.3 is 4.57 Å². The van der Waals surface area contributed by atoms with Gasteiger partial charge in [-0.3, -0.25) is 19.6 Å². The summed E-state index contributed by atoms with van der Waals surface area (Å²) in [5, 5.41) is 8.85. The number of pyridine rings is 1. The van der Waals surface area contributed by atoms with Crippen LogP contribution in [0.5, 0.6) is 0 Å². The quantitative estimate of drug-likeness (QED) is 0.407. The van der Waals surface area contributed by atoms with Crippen LogP contribution in [0.1, 0.15) is 30.6 Å². The highest BCUT2D eigenvalue weighted by Crippen LogP contribution is 2.23. The number of hydroxylamine groups is 1. The lowest BCUT2D eigenvalue weighted by Gasteiger charge is -2.25. The van der Waals surface area contributed by atoms with Crippen LogP contribution in [0.15, 0.2) is 47.4 Å². The van der Waals surface area contributed by atoms with Gasteiger partial charge in [0.2, 0.25) is 0 Å². The Morgan fingerprint density at radius 3 is 2.36 bits per heavy atom. The topological polar surface area (TPSA) is 123 Å². The molecule has 150 valence electrons. The Morgan fingerprint density at radius 1 is 1.18 bits per heavy atom. The fourth-order valence-electron chi connectivity index (χ4n) is 2.71. The Hall–Kier alpha value is -2.78. The number of ketones is 1. The van der Waals surface area contributed by atoms with E-state index < -0.39 is 20.5 Å². The first-order valence-corrected chi connectivity index (χ1v) is 10.3. The van der Waals surface area contributed by atoms with Crippen LogP contribution in [0.3, 0.4) is 0 Å². The van der Waals surface area contributed by atoms with E-state index in [0.29, 0.717) is 16.7 Å². The zero-order valence-electron chi connectivity index (χ0n) is 15.8. The van der Waals surface area contributed by atoms with E-state index in [1.165, 1.54) is 36.2 Å². The lowest BCUT2D eigenvalue weighted by Crippen LogP contribution is -2.49. The molecule has 2 aromatic rings. The molecule has 0 radical (unpaired) electrons. The van der Waals surface area contributed by atoms with E-state index in [1.54, 1.807) is 30.3 Å². The first-order chi connectivity index (χ1) is 13.0.